The van der Waals surface area contributed by atoms with Crippen molar-refractivity contribution in [1.29, 1.82) is 0 Å². The van der Waals surface area contributed by atoms with Crippen LogP contribution in [0.15, 0.2) is 42.6 Å². The summed E-state index contributed by atoms with van der Waals surface area (Å²) in [6.45, 7) is 4.76. The number of nitrogens with zero attached hydrogens (tertiary/aromatic N) is 2. The van der Waals surface area contributed by atoms with Gasteiger partial charge in [0.25, 0.3) is 11.6 Å². The maximum absolute atomic E-state index is 12.7. The number of H-pyrrole nitrogens is 1. The number of nitro groups is 1. The van der Waals surface area contributed by atoms with E-state index in [4.69, 9.17) is 4.74 Å². The average molecular weight is 367 g/mol. The van der Waals surface area contributed by atoms with Gasteiger partial charge < -0.3 is 14.6 Å². The molecular weight excluding hydrogens is 346 g/mol. The van der Waals surface area contributed by atoms with Crippen molar-refractivity contribution in [2.24, 2.45) is 0 Å². The lowest BCUT2D eigenvalue weighted by molar-refractivity contribution is -0.384. The largest absolute Gasteiger partial charge is 0.492 e. The summed E-state index contributed by atoms with van der Waals surface area (Å²) in [6.07, 6.45) is 1.58. The van der Waals surface area contributed by atoms with Gasteiger partial charge in [0.2, 0.25) is 0 Å². The predicted octanol–water partition coefficient (Wildman–Crippen LogP) is 3.84. The van der Waals surface area contributed by atoms with E-state index >= 15 is 0 Å². The second kappa shape index (κ2) is 7.49. The zero-order valence-electron chi connectivity index (χ0n) is 15.5. The molecule has 0 aliphatic rings. The van der Waals surface area contributed by atoms with E-state index < -0.39 is 4.92 Å². The fourth-order valence-electron chi connectivity index (χ4n) is 3.02. The van der Waals surface area contributed by atoms with Crippen LogP contribution in [0.3, 0.4) is 0 Å². The summed E-state index contributed by atoms with van der Waals surface area (Å²) in [5, 5.41) is 11.5. The van der Waals surface area contributed by atoms with E-state index in [0.29, 0.717) is 29.6 Å². The molecule has 0 aliphatic heterocycles. The first-order valence-electron chi connectivity index (χ1n) is 8.57. The van der Waals surface area contributed by atoms with Crippen LogP contribution in [0, 0.1) is 24.0 Å². The van der Waals surface area contributed by atoms with E-state index in [9.17, 15) is 14.9 Å². The topological polar surface area (TPSA) is 88.5 Å². The number of hydrogen-bond donors (Lipinski definition) is 1. The third-order valence-electron chi connectivity index (χ3n) is 4.34. The molecule has 2 aromatic carbocycles. The Hall–Kier alpha value is -3.35. The van der Waals surface area contributed by atoms with Gasteiger partial charge in [-0.25, -0.2) is 0 Å². The number of benzene rings is 2. The summed E-state index contributed by atoms with van der Waals surface area (Å²) in [4.78, 5) is 27.8. The fraction of sp³-hybridized carbons (Fsp3) is 0.250. The van der Waals surface area contributed by atoms with Crippen molar-refractivity contribution in [3.63, 3.8) is 0 Å². The Morgan fingerprint density at radius 1 is 1.19 bits per heavy atom. The van der Waals surface area contributed by atoms with Crippen LogP contribution < -0.4 is 4.74 Å². The van der Waals surface area contributed by atoms with E-state index in [0.717, 1.165) is 16.9 Å². The lowest BCUT2D eigenvalue weighted by Crippen LogP contribution is -2.30. The average Bonchev–Trinajstić information content (AvgIpc) is 3.03. The third kappa shape index (κ3) is 4.08. The highest BCUT2D eigenvalue weighted by Gasteiger charge is 2.18. The Morgan fingerprint density at radius 2 is 1.89 bits per heavy atom. The number of fused-ring (bicyclic) bond motifs is 1. The number of nitro benzene ring substituents is 1. The molecule has 0 aliphatic carbocycles. The van der Waals surface area contributed by atoms with E-state index in [2.05, 4.69) is 11.1 Å². The maximum Gasteiger partial charge on any atom is 0.270 e. The summed E-state index contributed by atoms with van der Waals surface area (Å²) in [5.41, 5.74) is 3.29. The molecule has 1 heterocycles. The first-order chi connectivity index (χ1) is 12.8. The molecule has 27 heavy (non-hydrogen) atoms. The number of aryl methyl sites for hydroxylation is 2. The van der Waals surface area contributed by atoms with Gasteiger partial charge in [0.15, 0.2) is 0 Å². The van der Waals surface area contributed by atoms with E-state index in [-0.39, 0.29) is 11.6 Å². The summed E-state index contributed by atoms with van der Waals surface area (Å²) in [5.74, 6) is 0.557. The van der Waals surface area contributed by atoms with Gasteiger partial charge in [-0.05, 0) is 43.2 Å². The first kappa shape index (κ1) is 18.4. The van der Waals surface area contributed by atoms with Gasteiger partial charge in [0, 0.05) is 36.3 Å². The van der Waals surface area contributed by atoms with Crippen LogP contribution in [0.4, 0.5) is 5.69 Å². The van der Waals surface area contributed by atoms with Crippen LogP contribution in [0.2, 0.25) is 0 Å². The number of ether oxygens (including phenoxy) is 1. The Morgan fingerprint density at radius 3 is 2.56 bits per heavy atom. The van der Waals surface area contributed by atoms with Gasteiger partial charge in [-0.3, -0.25) is 14.9 Å². The van der Waals surface area contributed by atoms with Gasteiger partial charge >= 0.3 is 0 Å². The van der Waals surface area contributed by atoms with Crippen molar-refractivity contribution in [2.75, 3.05) is 20.2 Å². The maximum atomic E-state index is 12.7. The standard InChI is InChI=1S/C20H21N3O4/c1-13-8-14(2)10-16(9-13)27-7-6-22(3)20(24)18-12-21-19-5-4-15(23(25)26)11-17(18)19/h4-5,8-12,21H,6-7H2,1-3H3. The number of rotatable bonds is 6. The van der Waals surface area contributed by atoms with E-state index in [1.54, 1.807) is 24.2 Å². The molecule has 0 spiro atoms. The van der Waals surface area contributed by atoms with Crippen LogP contribution in [0.25, 0.3) is 10.9 Å². The number of aromatic nitrogens is 1. The van der Waals surface area contributed by atoms with E-state index in [1.165, 1.54) is 12.1 Å². The highest BCUT2D eigenvalue weighted by atomic mass is 16.6. The minimum atomic E-state index is -0.470. The molecule has 1 amide bonds. The molecule has 7 nitrogen and oxygen atoms in total. The second-order valence-electron chi connectivity index (χ2n) is 6.59. The summed E-state index contributed by atoms with van der Waals surface area (Å²) >= 11 is 0. The van der Waals surface area contributed by atoms with Crippen molar-refractivity contribution < 1.29 is 14.5 Å². The molecule has 1 aromatic heterocycles. The number of aromatic amines is 1. The number of non-ortho nitro benzene ring substituents is 1. The normalized spacial score (nSPS) is 10.8. The number of hydrogen-bond acceptors (Lipinski definition) is 4. The van der Waals surface area contributed by atoms with Crippen molar-refractivity contribution >= 4 is 22.5 Å². The minimum Gasteiger partial charge on any atom is -0.492 e. The zero-order chi connectivity index (χ0) is 19.6. The Labute approximate surface area is 156 Å². The van der Waals surface area contributed by atoms with Crippen molar-refractivity contribution in [2.45, 2.75) is 13.8 Å². The Balaban J connectivity index is 1.69. The quantitative estimate of drug-likeness (QED) is 0.529. The SMILES string of the molecule is Cc1cc(C)cc(OCCN(C)C(=O)c2c[nH]c3ccc([N+](=O)[O-])cc23)c1. The number of carbonyl (C=O) groups excluding carboxylic acids is 1. The molecule has 0 saturated heterocycles. The van der Waals surface area contributed by atoms with Gasteiger partial charge in [0.05, 0.1) is 17.0 Å². The van der Waals surface area contributed by atoms with Gasteiger partial charge in [0.1, 0.15) is 12.4 Å². The van der Waals surface area contributed by atoms with Gasteiger partial charge in [-0.2, -0.15) is 0 Å². The minimum absolute atomic E-state index is 0.0445. The molecule has 0 atom stereocenters. The lowest BCUT2D eigenvalue weighted by Gasteiger charge is -2.17. The molecule has 3 rings (SSSR count). The predicted molar refractivity (Wildman–Crippen MR) is 103 cm³/mol. The molecular formula is C20H21N3O4. The summed E-state index contributed by atoms with van der Waals surface area (Å²) in [6, 6.07) is 10.4. The highest BCUT2D eigenvalue weighted by molar-refractivity contribution is 6.07. The second-order valence-corrected chi connectivity index (χ2v) is 6.59. The molecule has 140 valence electrons. The lowest BCUT2D eigenvalue weighted by atomic mass is 10.1. The van der Waals surface area contributed by atoms with E-state index in [1.807, 2.05) is 26.0 Å². The molecule has 7 heteroatoms. The smallest absolute Gasteiger partial charge is 0.270 e. The van der Waals surface area contributed by atoms with Gasteiger partial charge in [-0.1, -0.05) is 6.07 Å². The molecule has 0 fully saturated rings. The van der Waals surface area contributed by atoms with Crippen molar-refractivity contribution in [3.8, 4) is 5.75 Å². The molecule has 0 radical (unpaired) electrons. The van der Waals surface area contributed by atoms with Crippen molar-refractivity contribution in [3.05, 3.63) is 69.4 Å². The fourth-order valence-corrected chi connectivity index (χ4v) is 3.02. The molecule has 3 aromatic rings. The monoisotopic (exact) mass is 367 g/mol. The number of amides is 1. The molecule has 0 unspecified atom stereocenters. The van der Waals surface area contributed by atoms with Crippen molar-refractivity contribution in [1.82, 2.24) is 9.88 Å². The Kier molecular flexibility index (Phi) is 5.12. The molecule has 0 saturated carbocycles. The summed E-state index contributed by atoms with van der Waals surface area (Å²) in [7, 11) is 1.68. The molecule has 1 N–H and O–H groups in total. The zero-order valence-corrected chi connectivity index (χ0v) is 15.5. The third-order valence-corrected chi connectivity index (χ3v) is 4.34. The van der Waals surface area contributed by atoms with Gasteiger partial charge in [-0.15, -0.1) is 0 Å². The Bertz CT molecular complexity index is 989. The highest BCUT2D eigenvalue weighted by Crippen LogP contribution is 2.24. The number of nitrogens with one attached hydrogen (secondary N) is 1. The number of carbonyl (C=O) groups is 1. The summed E-state index contributed by atoms with van der Waals surface area (Å²) < 4.78 is 5.75. The molecule has 0 bridgehead atoms. The number of likely N-dealkylation sites (N-methyl/N-ethyl adjacent to an activating group) is 1. The van der Waals surface area contributed by atoms with Crippen LogP contribution in [-0.2, 0) is 0 Å². The first-order valence-corrected chi connectivity index (χ1v) is 8.57. The van der Waals surface area contributed by atoms with Crippen LogP contribution >= 0.6 is 0 Å². The van der Waals surface area contributed by atoms with Crippen LogP contribution in [0.5, 0.6) is 5.75 Å². The van der Waals surface area contributed by atoms with Crippen LogP contribution in [0.1, 0.15) is 21.5 Å². The van der Waals surface area contributed by atoms with Crippen LogP contribution in [-0.4, -0.2) is 40.9 Å².